The van der Waals surface area contributed by atoms with Gasteiger partial charge < -0.3 is 4.98 Å². The van der Waals surface area contributed by atoms with E-state index in [9.17, 15) is 4.79 Å². The number of rotatable bonds is 1. The molecule has 0 saturated heterocycles. The lowest BCUT2D eigenvalue weighted by atomic mass is 9.85. The predicted molar refractivity (Wildman–Crippen MR) is 64.7 cm³/mol. The van der Waals surface area contributed by atoms with Gasteiger partial charge in [-0.25, -0.2) is 0 Å². The van der Waals surface area contributed by atoms with Crippen molar-refractivity contribution in [3.8, 4) is 0 Å². The minimum absolute atomic E-state index is 0.0937. The molecule has 1 aliphatic carbocycles. The van der Waals surface area contributed by atoms with Crippen molar-refractivity contribution in [3.05, 3.63) is 35.5 Å². The first-order valence-electron chi connectivity index (χ1n) is 5.87. The molecule has 0 fully saturated rings. The molecule has 1 aromatic carbocycles. The van der Waals surface area contributed by atoms with E-state index >= 15 is 0 Å². The first-order valence-corrected chi connectivity index (χ1v) is 5.87. The normalized spacial score (nSPS) is 19.7. The number of ketones is 1. The zero-order valence-corrected chi connectivity index (χ0v) is 9.42. The molecule has 82 valence electrons. The minimum Gasteiger partial charge on any atom is -0.358 e. The molecule has 1 heterocycles. The second kappa shape index (κ2) is 3.48. The van der Waals surface area contributed by atoms with Crippen LogP contribution in [-0.2, 0) is 11.2 Å². The highest BCUT2D eigenvalue weighted by Crippen LogP contribution is 2.36. The molecule has 0 spiro atoms. The molecule has 1 aromatic heterocycles. The maximum absolute atomic E-state index is 11.6. The van der Waals surface area contributed by atoms with Crippen molar-refractivity contribution < 1.29 is 4.79 Å². The number of aromatic amines is 1. The maximum Gasteiger partial charge on any atom is 0.138 e. The number of benzene rings is 1. The number of aryl methyl sites for hydroxylation is 1. The number of Topliss-reactive ketones (excluding diaryl/α,β-unsaturated/α-hetero) is 1. The number of aromatic nitrogens is 1. The monoisotopic (exact) mass is 213 g/mol. The van der Waals surface area contributed by atoms with Gasteiger partial charge in [0, 0.05) is 16.6 Å². The van der Waals surface area contributed by atoms with Gasteiger partial charge >= 0.3 is 0 Å². The summed E-state index contributed by atoms with van der Waals surface area (Å²) in [4.78, 5) is 15.0. The van der Waals surface area contributed by atoms with Crippen LogP contribution in [0.5, 0.6) is 0 Å². The van der Waals surface area contributed by atoms with E-state index in [1.807, 2.05) is 6.07 Å². The van der Waals surface area contributed by atoms with Gasteiger partial charge in [-0.1, -0.05) is 18.2 Å². The molecular formula is C14H15NO. The lowest BCUT2D eigenvalue weighted by Crippen LogP contribution is -2.15. The van der Waals surface area contributed by atoms with E-state index in [-0.39, 0.29) is 11.7 Å². The quantitative estimate of drug-likeness (QED) is 0.775. The summed E-state index contributed by atoms with van der Waals surface area (Å²) in [5.74, 6) is 0.378. The molecule has 2 heteroatoms. The summed E-state index contributed by atoms with van der Waals surface area (Å²) in [6.45, 7) is 1.70. The van der Waals surface area contributed by atoms with Crippen molar-refractivity contribution >= 4 is 16.7 Å². The van der Waals surface area contributed by atoms with Gasteiger partial charge in [0.15, 0.2) is 0 Å². The zero-order chi connectivity index (χ0) is 11.1. The van der Waals surface area contributed by atoms with E-state index in [2.05, 4.69) is 23.2 Å². The third-order valence-electron chi connectivity index (χ3n) is 3.61. The fourth-order valence-electron chi connectivity index (χ4n) is 2.82. The topological polar surface area (TPSA) is 32.9 Å². The van der Waals surface area contributed by atoms with Gasteiger partial charge in [-0.15, -0.1) is 0 Å². The predicted octanol–water partition coefficient (Wildman–Crippen LogP) is 3.18. The highest BCUT2D eigenvalue weighted by molar-refractivity contribution is 5.90. The average Bonchev–Trinajstić information content (AvgIpc) is 2.67. The van der Waals surface area contributed by atoms with Crippen LogP contribution < -0.4 is 0 Å². The number of para-hydroxylation sites is 1. The smallest absolute Gasteiger partial charge is 0.138 e. The number of hydrogen-bond donors (Lipinski definition) is 1. The maximum atomic E-state index is 11.6. The van der Waals surface area contributed by atoms with Crippen LogP contribution in [0.15, 0.2) is 24.3 Å². The zero-order valence-electron chi connectivity index (χ0n) is 9.42. The molecular weight excluding hydrogens is 198 g/mol. The van der Waals surface area contributed by atoms with Gasteiger partial charge in [0.1, 0.15) is 5.78 Å². The van der Waals surface area contributed by atoms with Gasteiger partial charge in [0.2, 0.25) is 0 Å². The standard InChI is InChI=1S/C14H15NO/c1-9(16)10-6-4-7-12-11-5-2-3-8-13(11)15-14(10)12/h2-3,5,8,10,15H,4,6-7H2,1H3. The van der Waals surface area contributed by atoms with Crippen molar-refractivity contribution in [3.63, 3.8) is 0 Å². The Bertz CT molecular complexity index is 553. The van der Waals surface area contributed by atoms with Crippen LogP contribution in [0.3, 0.4) is 0 Å². The second-order valence-electron chi connectivity index (χ2n) is 4.62. The van der Waals surface area contributed by atoms with Crippen molar-refractivity contribution in [2.45, 2.75) is 32.1 Å². The van der Waals surface area contributed by atoms with Crippen molar-refractivity contribution in [1.82, 2.24) is 4.98 Å². The molecule has 0 saturated carbocycles. The Morgan fingerprint density at radius 2 is 2.19 bits per heavy atom. The van der Waals surface area contributed by atoms with E-state index in [1.54, 1.807) is 6.92 Å². The number of nitrogens with one attached hydrogen (secondary N) is 1. The highest BCUT2D eigenvalue weighted by atomic mass is 16.1. The summed E-state index contributed by atoms with van der Waals surface area (Å²) >= 11 is 0. The van der Waals surface area contributed by atoms with Gasteiger partial charge in [0.05, 0.1) is 5.92 Å². The first-order chi connectivity index (χ1) is 7.77. The summed E-state index contributed by atoms with van der Waals surface area (Å²) in [6, 6.07) is 8.33. The van der Waals surface area contributed by atoms with Crippen molar-refractivity contribution in [2.75, 3.05) is 0 Å². The van der Waals surface area contributed by atoms with E-state index in [4.69, 9.17) is 0 Å². The van der Waals surface area contributed by atoms with Crippen LogP contribution in [0.1, 0.15) is 36.9 Å². The molecule has 1 atom stereocenters. The van der Waals surface area contributed by atoms with Gasteiger partial charge in [-0.05, 0) is 37.8 Å². The number of H-pyrrole nitrogens is 1. The average molecular weight is 213 g/mol. The fourth-order valence-corrected chi connectivity index (χ4v) is 2.82. The Labute approximate surface area is 94.7 Å². The molecule has 0 amide bonds. The van der Waals surface area contributed by atoms with Crippen LogP contribution in [0, 0.1) is 0 Å². The molecule has 0 aliphatic heterocycles. The second-order valence-corrected chi connectivity index (χ2v) is 4.62. The van der Waals surface area contributed by atoms with E-state index in [0.717, 1.165) is 19.3 Å². The third kappa shape index (κ3) is 1.29. The Balaban J connectivity index is 2.25. The third-order valence-corrected chi connectivity index (χ3v) is 3.61. The Morgan fingerprint density at radius 3 is 3.00 bits per heavy atom. The minimum atomic E-state index is 0.0937. The first kappa shape index (κ1) is 9.64. The summed E-state index contributed by atoms with van der Waals surface area (Å²) < 4.78 is 0. The molecule has 2 nitrogen and oxygen atoms in total. The van der Waals surface area contributed by atoms with Gasteiger partial charge in [-0.3, -0.25) is 4.79 Å². The molecule has 1 unspecified atom stereocenters. The lowest BCUT2D eigenvalue weighted by Gasteiger charge is -2.19. The Kier molecular flexibility index (Phi) is 2.10. The summed E-state index contributed by atoms with van der Waals surface area (Å²) in [7, 11) is 0. The van der Waals surface area contributed by atoms with E-state index in [0.29, 0.717) is 0 Å². The van der Waals surface area contributed by atoms with Crippen LogP contribution in [0.4, 0.5) is 0 Å². The molecule has 16 heavy (non-hydrogen) atoms. The van der Waals surface area contributed by atoms with Crippen LogP contribution in [-0.4, -0.2) is 10.8 Å². The number of carbonyl (C=O) groups is 1. The summed E-state index contributed by atoms with van der Waals surface area (Å²) in [5, 5.41) is 1.29. The number of carbonyl (C=O) groups excluding carboxylic acids is 1. The van der Waals surface area contributed by atoms with Crippen molar-refractivity contribution in [1.29, 1.82) is 0 Å². The summed E-state index contributed by atoms with van der Waals surface area (Å²) in [6.07, 6.45) is 3.22. The van der Waals surface area contributed by atoms with Crippen molar-refractivity contribution in [2.24, 2.45) is 0 Å². The molecule has 1 N–H and O–H groups in total. The SMILES string of the molecule is CC(=O)C1CCCc2c1[nH]c1ccccc21. The van der Waals surface area contributed by atoms with Crippen LogP contribution >= 0.6 is 0 Å². The van der Waals surface area contributed by atoms with Crippen LogP contribution in [0.25, 0.3) is 10.9 Å². The largest absolute Gasteiger partial charge is 0.358 e. The Hall–Kier alpha value is -1.57. The van der Waals surface area contributed by atoms with Gasteiger partial charge in [-0.2, -0.15) is 0 Å². The van der Waals surface area contributed by atoms with Gasteiger partial charge in [0.25, 0.3) is 0 Å². The Morgan fingerprint density at radius 1 is 1.38 bits per heavy atom. The molecule has 1 aliphatic rings. The summed E-state index contributed by atoms with van der Waals surface area (Å²) in [5.41, 5.74) is 3.70. The molecule has 0 bridgehead atoms. The molecule has 2 aromatic rings. The van der Waals surface area contributed by atoms with E-state index in [1.165, 1.54) is 22.2 Å². The lowest BCUT2D eigenvalue weighted by molar-refractivity contribution is -0.118. The molecule has 0 radical (unpaired) electrons. The highest BCUT2D eigenvalue weighted by Gasteiger charge is 2.26. The number of fused-ring (bicyclic) bond motifs is 3. The molecule has 3 rings (SSSR count). The number of hydrogen-bond acceptors (Lipinski definition) is 1. The van der Waals surface area contributed by atoms with Crippen LogP contribution in [0.2, 0.25) is 0 Å². The van der Waals surface area contributed by atoms with E-state index < -0.39 is 0 Å². The fraction of sp³-hybridized carbons (Fsp3) is 0.357.